The molecule has 62 heavy (non-hydrogen) atoms. The fourth-order valence-electron chi connectivity index (χ4n) is 11.5. The predicted molar refractivity (Wildman–Crippen MR) is 256 cm³/mol. The first-order valence-electron chi connectivity index (χ1n) is 22.2. The Labute approximate surface area is 365 Å². The molecule has 4 fully saturated rings. The van der Waals surface area contributed by atoms with E-state index < -0.39 is 7.14 Å². The highest BCUT2D eigenvalue weighted by Gasteiger charge is 2.58. The Hall–Kier alpha value is -6.22. The van der Waals surface area contributed by atoms with E-state index in [9.17, 15) is 4.57 Å². The summed E-state index contributed by atoms with van der Waals surface area (Å²) in [7, 11) is -2.33. The number of nitrogens with zero attached hydrogens (tertiary/aromatic N) is 3. The van der Waals surface area contributed by atoms with E-state index in [1.807, 2.05) is 25.5 Å². The molecule has 0 unspecified atom stereocenters. The van der Waals surface area contributed by atoms with Crippen molar-refractivity contribution in [2.45, 2.75) is 37.5 Å². The van der Waals surface area contributed by atoms with Gasteiger partial charge in [-0.1, -0.05) is 182 Å². The zero-order chi connectivity index (χ0) is 41.8. The van der Waals surface area contributed by atoms with Gasteiger partial charge in [0.1, 0.15) is 7.14 Å². The summed E-state index contributed by atoms with van der Waals surface area (Å²) >= 11 is 0. The summed E-state index contributed by atoms with van der Waals surface area (Å²) in [5, 5.41) is 0.925. The maximum Gasteiger partial charge on any atom is 0.164 e. The van der Waals surface area contributed by atoms with E-state index in [0.717, 1.165) is 45.0 Å². The van der Waals surface area contributed by atoms with Crippen molar-refractivity contribution in [2.75, 3.05) is 13.3 Å². The quantitative estimate of drug-likeness (QED) is 0.136. The zero-order valence-electron chi connectivity index (χ0n) is 35.4. The molecule has 7 aromatic carbocycles. The van der Waals surface area contributed by atoms with Crippen LogP contribution in [0.2, 0.25) is 0 Å². The maximum absolute atomic E-state index is 12.8. The van der Waals surface area contributed by atoms with Crippen LogP contribution in [0.4, 0.5) is 0 Å². The van der Waals surface area contributed by atoms with E-state index in [-0.39, 0.29) is 5.41 Å². The summed E-state index contributed by atoms with van der Waals surface area (Å²) in [5.74, 6) is 4.86. The van der Waals surface area contributed by atoms with Crippen molar-refractivity contribution in [2.24, 2.45) is 23.7 Å². The van der Waals surface area contributed by atoms with Gasteiger partial charge >= 0.3 is 0 Å². The van der Waals surface area contributed by atoms with Crippen LogP contribution in [-0.4, -0.2) is 28.3 Å². The first-order chi connectivity index (χ1) is 30.3. The molecule has 4 saturated carbocycles. The Balaban J connectivity index is 0.991. The molecule has 8 aromatic rings. The SMILES string of the molecule is CP(C)(=O)c1ccc(-c2cccc(C3(c4ccc(-c5nc(-c6ccc(-c7ccccc7)cc6)nc(-c6ccc(-c7ccccc7)cc6)n5)cc4)C4CC5CC(C4)CC3C5)c2)cc1. The van der Waals surface area contributed by atoms with Crippen molar-refractivity contribution < 1.29 is 4.57 Å². The molecule has 5 heteroatoms. The van der Waals surface area contributed by atoms with E-state index in [4.69, 9.17) is 15.0 Å². The minimum atomic E-state index is -2.33. The van der Waals surface area contributed by atoms with Gasteiger partial charge in [-0.15, -0.1) is 0 Å². The summed E-state index contributed by atoms with van der Waals surface area (Å²) < 4.78 is 12.8. The first-order valence-corrected chi connectivity index (χ1v) is 24.8. The van der Waals surface area contributed by atoms with Crippen molar-refractivity contribution in [3.63, 3.8) is 0 Å². The highest BCUT2D eigenvalue weighted by atomic mass is 31.2. The van der Waals surface area contributed by atoms with E-state index in [2.05, 4.69) is 170 Å². The monoisotopic (exact) mass is 823 g/mol. The van der Waals surface area contributed by atoms with Crippen LogP contribution in [0.3, 0.4) is 0 Å². The predicted octanol–water partition coefficient (Wildman–Crippen LogP) is 13.9. The Morgan fingerprint density at radius 2 is 0.758 bits per heavy atom. The lowest BCUT2D eigenvalue weighted by Crippen LogP contribution is -2.56. The smallest absolute Gasteiger partial charge is 0.164 e. The van der Waals surface area contributed by atoms with Crippen LogP contribution >= 0.6 is 7.14 Å². The number of benzene rings is 7. The van der Waals surface area contributed by atoms with Crippen LogP contribution in [0.5, 0.6) is 0 Å². The normalized spacial score (nSPS) is 21.5. The standard InChI is InChI=1S/C57H50N3OP/c1-62(2,61)53-30-26-44(27-31-53)48-14-9-15-50(37-48)57(51-33-38-32-39(35-51)36-52(57)34-38)49-28-24-47(25-29-49)56-59-54(45-20-16-42(17-21-45)40-10-5-3-6-11-40)58-55(60-56)46-22-18-43(19-23-46)41-12-7-4-8-13-41/h3-31,37-39,51-52H,32-36H2,1-2H3. The number of hydrogen-bond acceptors (Lipinski definition) is 4. The Bertz CT molecular complexity index is 2790. The van der Waals surface area contributed by atoms with Gasteiger partial charge in [-0.3, -0.25) is 0 Å². The van der Waals surface area contributed by atoms with Crippen LogP contribution in [0, 0.1) is 23.7 Å². The summed E-state index contributed by atoms with van der Waals surface area (Å²) in [6.45, 7) is 3.69. The zero-order valence-corrected chi connectivity index (χ0v) is 36.3. The molecule has 1 aromatic heterocycles. The van der Waals surface area contributed by atoms with Gasteiger partial charge in [0.25, 0.3) is 0 Å². The molecule has 0 radical (unpaired) electrons. The van der Waals surface area contributed by atoms with Gasteiger partial charge in [0.15, 0.2) is 17.5 Å². The van der Waals surface area contributed by atoms with Gasteiger partial charge in [0.2, 0.25) is 0 Å². The molecule has 4 bridgehead atoms. The Kier molecular flexibility index (Phi) is 9.73. The molecule has 0 spiro atoms. The van der Waals surface area contributed by atoms with Gasteiger partial charge in [-0.2, -0.15) is 0 Å². The Morgan fingerprint density at radius 1 is 0.387 bits per heavy atom. The van der Waals surface area contributed by atoms with E-state index in [1.54, 1.807) is 0 Å². The second kappa shape index (κ2) is 15.6. The highest BCUT2D eigenvalue weighted by Crippen LogP contribution is 2.65. The van der Waals surface area contributed by atoms with E-state index in [1.165, 1.54) is 65.5 Å². The lowest BCUT2D eigenvalue weighted by Gasteiger charge is -2.62. The van der Waals surface area contributed by atoms with Crippen LogP contribution in [0.1, 0.15) is 43.2 Å². The van der Waals surface area contributed by atoms with E-state index in [0.29, 0.717) is 29.3 Å². The third kappa shape index (κ3) is 7.05. The third-order valence-electron chi connectivity index (χ3n) is 14.3. The molecule has 0 aliphatic heterocycles. The van der Waals surface area contributed by atoms with Gasteiger partial charge in [0.05, 0.1) is 0 Å². The topological polar surface area (TPSA) is 55.7 Å². The highest BCUT2D eigenvalue weighted by molar-refractivity contribution is 7.70. The van der Waals surface area contributed by atoms with Crippen molar-refractivity contribution in [1.82, 2.24) is 15.0 Å². The Morgan fingerprint density at radius 3 is 1.21 bits per heavy atom. The van der Waals surface area contributed by atoms with Crippen molar-refractivity contribution in [3.05, 3.63) is 193 Å². The number of hydrogen-bond donors (Lipinski definition) is 0. The second-order valence-electron chi connectivity index (χ2n) is 18.4. The first kappa shape index (κ1) is 38.7. The molecule has 4 aliphatic carbocycles. The molecular formula is C57H50N3OP. The fourth-order valence-corrected chi connectivity index (χ4v) is 12.4. The molecule has 4 nitrogen and oxygen atoms in total. The van der Waals surface area contributed by atoms with Gasteiger partial charge in [-0.05, 0) is 114 Å². The molecule has 4 aliphatic rings. The molecule has 1 heterocycles. The number of aromatic nitrogens is 3. The molecule has 12 rings (SSSR count). The van der Waals surface area contributed by atoms with Gasteiger partial charge in [0, 0.05) is 27.4 Å². The molecule has 304 valence electrons. The molecular weight excluding hydrogens is 774 g/mol. The molecule has 0 N–H and O–H groups in total. The number of rotatable bonds is 9. The van der Waals surface area contributed by atoms with Crippen molar-refractivity contribution in [1.29, 1.82) is 0 Å². The average molecular weight is 824 g/mol. The average Bonchev–Trinajstić information content (AvgIpc) is 3.32. The molecule has 0 atom stereocenters. The van der Waals surface area contributed by atoms with Crippen LogP contribution in [-0.2, 0) is 9.98 Å². The maximum atomic E-state index is 12.8. The summed E-state index contributed by atoms with van der Waals surface area (Å²) in [6.07, 6.45) is 6.58. The summed E-state index contributed by atoms with van der Waals surface area (Å²) in [6, 6.07) is 65.1. The van der Waals surface area contributed by atoms with Crippen molar-refractivity contribution in [3.8, 4) is 67.5 Å². The lowest BCUT2D eigenvalue weighted by atomic mass is 9.42. The fraction of sp³-hybridized carbons (Fsp3) is 0.211. The van der Waals surface area contributed by atoms with Crippen LogP contribution in [0.25, 0.3) is 67.5 Å². The minimum Gasteiger partial charge on any atom is -0.319 e. The molecule has 0 saturated heterocycles. The van der Waals surface area contributed by atoms with Gasteiger partial charge < -0.3 is 4.57 Å². The van der Waals surface area contributed by atoms with Gasteiger partial charge in [-0.25, -0.2) is 15.0 Å². The summed E-state index contributed by atoms with van der Waals surface area (Å²) in [4.78, 5) is 15.5. The van der Waals surface area contributed by atoms with Crippen molar-refractivity contribution >= 4 is 12.4 Å². The summed E-state index contributed by atoms with van der Waals surface area (Å²) in [5.41, 5.74) is 12.7. The lowest BCUT2D eigenvalue weighted by molar-refractivity contribution is -0.0418. The second-order valence-corrected chi connectivity index (χ2v) is 21.6. The third-order valence-corrected chi connectivity index (χ3v) is 15.9. The minimum absolute atomic E-state index is 0.0686. The van der Waals surface area contributed by atoms with Crippen LogP contribution < -0.4 is 5.30 Å². The van der Waals surface area contributed by atoms with Crippen LogP contribution in [0.15, 0.2) is 182 Å². The van der Waals surface area contributed by atoms with E-state index >= 15 is 0 Å². The largest absolute Gasteiger partial charge is 0.319 e. The molecule has 0 amide bonds.